The van der Waals surface area contributed by atoms with Gasteiger partial charge in [0.1, 0.15) is 0 Å². The maximum absolute atomic E-state index is 4.10. The van der Waals surface area contributed by atoms with E-state index in [-0.39, 0.29) is 0 Å². The Bertz CT molecular complexity index is 471. The molecule has 1 unspecified atom stereocenters. The van der Waals surface area contributed by atoms with Crippen LogP contribution in [0.2, 0.25) is 0 Å². The molecule has 1 aromatic carbocycles. The summed E-state index contributed by atoms with van der Waals surface area (Å²) in [5.41, 5.74) is 2.11. The summed E-state index contributed by atoms with van der Waals surface area (Å²) in [7, 11) is 0. The van der Waals surface area contributed by atoms with Crippen molar-refractivity contribution in [2.45, 2.75) is 18.9 Å². The quantitative estimate of drug-likeness (QED) is 0.853. The van der Waals surface area contributed by atoms with Gasteiger partial charge in [0.05, 0.1) is 18.1 Å². The molecule has 1 fully saturated rings. The summed E-state index contributed by atoms with van der Waals surface area (Å²) >= 11 is 0. The number of hydrogen-bond donors (Lipinski definition) is 2. The van der Waals surface area contributed by atoms with E-state index in [1.807, 2.05) is 12.1 Å². The first kappa shape index (κ1) is 11.2. The number of nitrogens with one attached hydrogen (secondary N) is 2. The van der Waals surface area contributed by atoms with Crippen molar-refractivity contribution in [2.24, 2.45) is 0 Å². The van der Waals surface area contributed by atoms with Gasteiger partial charge in [-0.3, -0.25) is 0 Å². The van der Waals surface area contributed by atoms with Crippen LogP contribution in [-0.2, 0) is 0 Å². The van der Waals surface area contributed by atoms with Gasteiger partial charge in [0.25, 0.3) is 0 Å². The van der Waals surface area contributed by atoms with E-state index in [0.29, 0.717) is 6.04 Å². The maximum atomic E-state index is 4.10. The van der Waals surface area contributed by atoms with Gasteiger partial charge in [0.2, 0.25) is 0 Å². The molecule has 94 valence electrons. The van der Waals surface area contributed by atoms with E-state index in [1.165, 1.54) is 12.8 Å². The average molecular weight is 243 g/mol. The van der Waals surface area contributed by atoms with Gasteiger partial charge < -0.3 is 10.6 Å². The van der Waals surface area contributed by atoms with E-state index >= 15 is 0 Å². The van der Waals surface area contributed by atoms with E-state index in [1.54, 1.807) is 17.2 Å². The highest BCUT2D eigenvalue weighted by atomic mass is 15.5. The largest absolute Gasteiger partial charge is 0.383 e. The fourth-order valence-corrected chi connectivity index (χ4v) is 2.23. The van der Waals surface area contributed by atoms with Crippen molar-refractivity contribution in [2.75, 3.05) is 18.4 Å². The molecule has 1 atom stereocenters. The molecule has 1 aliphatic heterocycles. The molecule has 18 heavy (non-hydrogen) atoms. The smallest absolute Gasteiger partial charge is 0.0858 e. The van der Waals surface area contributed by atoms with Crippen LogP contribution in [0.5, 0.6) is 0 Å². The molecule has 0 aliphatic carbocycles. The first-order chi connectivity index (χ1) is 8.92. The summed E-state index contributed by atoms with van der Waals surface area (Å²) in [5, 5.41) is 15.1. The predicted octanol–water partition coefficient (Wildman–Crippen LogP) is 1.43. The number of aromatic nitrogens is 3. The Morgan fingerprint density at radius 3 is 2.67 bits per heavy atom. The fourth-order valence-electron chi connectivity index (χ4n) is 2.23. The zero-order valence-electron chi connectivity index (χ0n) is 10.2. The minimum atomic E-state index is 0.609. The first-order valence-corrected chi connectivity index (χ1v) is 6.36. The fraction of sp³-hybridized carbons (Fsp3) is 0.385. The number of hydrogen-bond acceptors (Lipinski definition) is 4. The van der Waals surface area contributed by atoms with Gasteiger partial charge in [0.15, 0.2) is 0 Å². The van der Waals surface area contributed by atoms with Gasteiger partial charge in [-0.25, -0.2) is 0 Å². The van der Waals surface area contributed by atoms with E-state index in [9.17, 15) is 0 Å². The van der Waals surface area contributed by atoms with Crippen molar-refractivity contribution in [1.29, 1.82) is 0 Å². The summed E-state index contributed by atoms with van der Waals surface area (Å²) in [4.78, 5) is 1.61. The summed E-state index contributed by atoms with van der Waals surface area (Å²) < 4.78 is 0. The van der Waals surface area contributed by atoms with Crippen LogP contribution < -0.4 is 10.6 Å². The molecular formula is C13H17N5. The number of benzene rings is 1. The highest BCUT2D eigenvalue weighted by Gasteiger charge is 2.12. The van der Waals surface area contributed by atoms with Gasteiger partial charge in [-0.2, -0.15) is 15.0 Å². The Hall–Kier alpha value is -1.88. The third-order valence-electron chi connectivity index (χ3n) is 3.23. The van der Waals surface area contributed by atoms with Crippen LogP contribution >= 0.6 is 0 Å². The van der Waals surface area contributed by atoms with Crippen molar-refractivity contribution in [3.8, 4) is 5.69 Å². The van der Waals surface area contributed by atoms with Crippen molar-refractivity contribution in [3.63, 3.8) is 0 Å². The lowest BCUT2D eigenvalue weighted by Crippen LogP contribution is -2.29. The van der Waals surface area contributed by atoms with Crippen LogP contribution in [0.3, 0.4) is 0 Å². The zero-order valence-corrected chi connectivity index (χ0v) is 10.2. The van der Waals surface area contributed by atoms with Crippen molar-refractivity contribution >= 4 is 5.69 Å². The van der Waals surface area contributed by atoms with Crippen molar-refractivity contribution in [3.05, 3.63) is 36.7 Å². The predicted molar refractivity (Wildman–Crippen MR) is 70.9 cm³/mol. The lowest BCUT2D eigenvalue weighted by molar-refractivity contribution is 0.633. The molecule has 0 saturated carbocycles. The Balaban J connectivity index is 1.60. The molecule has 3 rings (SSSR count). The standard InChI is InChI=1S/C13H17N5/c1-2-12(14-7-1)10-15-11-3-5-13(6-4-11)18-16-8-9-17-18/h3-6,8-9,12,14-15H,1-2,7,10H2. The summed E-state index contributed by atoms with van der Waals surface area (Å²) in [5.74, 6) is 0. The van der Waals surface area contributed by atoms with E-state index in [2.05, 4.69) is 33.0 Å². The second kappa shape index (κ2) is 5.18. The Morgan fingerprint density at radius 2 is 2.00 bits per heavy atom. The van der Waals surface area contributed by atoms with E-state index in [4.69, 9.17) is 0 Å². The molecular weight excluding hydrogens is 226 g/mol. The lowest BCUT2D eigenvalue weighted by atomic mass is 10.2. The van der Waals surface area contributed by atoms with Gasteiger partial charge in [-0.05, 0) is 43.7 Å². The number of nitrogens with zero attached hydrogens (tertiary/aromatic N) is 3. The third-order valence-corrected chi connectivity index (χ3v) is 3.23. The highest BCUT2D eigenvalue weighted by molar-refractivity contribution is 5.48. The third kappa shape index (κ3) is 2.51. The van der Waals surface area contributed by atoms with Crippen LogP contribution in [0.4, 0.5) is 5.69 Å². The molecule has 5 heteroatoms. The SMILES string of the molecule is c1cnn(-c2ccc(NCC3CCCN3)cc2)n1. The Labute approximate surface area is 106 Å². The van der Waals surface area contributed by atoms with Crippen molar-refractivity contribution < 1.29 is 0 Å². The lowest BCUT2D eigenvalue weighted by Gasteiger charge is -2.12. The number of anilines is 1. The number of rotatable bonds is 4. The first-order valence-electron chi connectivity index (χ1n) is 6.36. The van der Waals surface area contributed by atoms with Crippen molar-refractivity contribution in [1.82, 2.24) is 20.3 Å². The normalized spacial score (nSPS) is 19.0. The van der Waals surface area contributed by atoms with Gasteiger partial charge in [-0.15, -0.1) is 0 Å². The van der Waals surface area contributed by atoms with Gasteiger partial charge in [-0.1, -0.05) is 0 Å². The van der Waals surface area contributed by atoms with Crippen LogP contribution in [0.25, 0.3) is 5.69 Å². The Morgan fingerprint density at radius 1 is 1.22 bits per heavy atom. The molecule has 5 nitrogen and oxygen atoms in total. The molecule has 2 heterocycles. The monoisotopic (exact) mass is 243 g/mol. The molecule has 0 spiro atoms. The van der Waals surface area contributed by atoms with Gasteiger partial charge in [0, 0.05) is 18.3 Å². The maximum Gasteiger partial charge on any atom is 0.0858 e. The highest BCUT2D eigenvalue weighted by Crippen LogP contribution is 2.13. The molecule has 2 aromatic rings. The molecule has 1 saturated heterocycles. The van der Waals surface area contributed by atoms with Crippen LogP contribution in [-0.4, -0.2) is 34.1 Å². The van der Waals surface area contributed by atoms with E-state index in [0.717, 1.165) is 24.5 Å². The molecule has 0 bridgehead atoms. The summed E-state index contributed by atoms with van der Waals surface area (Å²) in [6, 6.07) is 8.77. The molecule has 1 aliphatic rings. The topological polar surface area (TPSA) is 54.8 Å². The van der Waals surface area contributed by atoms with Crippen LogP contribution in [0.15, 0.2) is 36.7 Å². The second-order valence-corrected chi connectivity index (χ2v) is 4.54. The van der Waals surface area contributed by atoms with E-state index < -0.39 is 0 Å². The Kier molecular flexibility index (Phi) is 3.23. The molecule has 1 aromatic heterocycles. The summed E-state index contributed by atoms with van der Waals surface area (Å²) in [6.07, 6.45) is 5.91. The minimum Gasteiger partial charge on any atom is -0.383 e. The van der Waals surface area contributed by atoms with Crippen LogP contribution in [0.1, 0.15) is 12.8 Å². The second-order valence-electron chi connectivity index (χ2n) is 4.54. The molecule has 2 N–H and O–H groups in total. The molecule has 0 amide bonds. The van der Waals surface area contributed by atoms with Crippen LogP contribution in [0, 0.1) is 0 Å². The van der Waals surface area contributed by atoms with Gasteiger partial charge >= 0.3 is 0 Å². The zero-order chi connectivity index (χ0) is 12.2. The summed E-state index contributed by atoms with van der Waals surface area (Å²) in [6.45, 7) is 2.13. The molecule has 0 radical (unpaired) electrons. The minimum absolute atomic E-state index is 0.609. The average Bonchev–Trinajstić information content (AvgIpc) is 3.10.